The Morgan fingerprint density at radius 2 is 1.94 bits per heavy atom. The molecular weight excluding hydrogens is 232 g/mol. The number of rotatable bonds is 6. The van der Waals surface area contributed by atoms with E-state index in [0.29, 0.717) is 12.0 Å². The lowest BCUT2D eigenvalue weighted by atomic mass is 10.2. The van der Waals surface area contributed by atoms with Gasteiger partial charge >= 0.3 is 0 Å². The third-order valence-electron chi connectivity index (χ3n) is 2.52. The molecule has 0 fully saturated rings. The van der Waals surface area contributed by atoms with Gasteiger partial charge in [0.2, 0.25) is 5.91 Å². The molecule has 3 N–H and O–H groups in total. The molecule has 0 heterocycles. The van der Waals surface area contributed by atoms with Crippen LogP contribution in [0.15, 0.2) is 30.3 Å². The quantitative estimate of drug-likeness (QED) is 0.679. The first-order valence-electron chi connectivity index (χ1n) is 5.90. The van der Waals surface area contributed by atoms with Crippen molar-refractivity contribution in [3.05, 3.63) is 35.9 Å². The van der Waals surface area contributed by atoms with Crippen molar-refractivity contribution in [1.82, 2.24) is 10.6 Å². The first kappa shape index (κ1) is 14.2. The van der Waals surface area contributed by atoms with Gasteiger partial charge in [0.25, 0.3) is 5.91 Å². The molecule has 0 bridgehead atoms. The van der Waals surface area contributed by atoms with E-state index >= 15 is 0 Å². The highest BCUT2D eigenvalue weighted by molar-refractivity contribution is 5.96. The van der Waals surface area contributed by atoms with Crippen molar-refractivity contribution in [2.75, 3.05) is 13.2 Å². The van der Waals surface area contributed by atoms with E-state index in [9.17, 15) is 9.59 Å². The molecule has 0 saturated carbocycles. The molecule has 5 heteroatoms. The number of aliphatic hydroxyl groups excluding tert-OH is 1. The average Bonchev–Trinajstić information content (AvgIpc) is 2.43. The molecule has 0 aromatic heterocycles. The van der Waals surface area contributed by atoms with E-state index in [-0.39, 0.29) is 31.0 Å². The molecule has 0 saturated heterocycles. The lowest BCUT2D eigenvalue weighted by molar-refractivity contribution is -0.121. The van der Waals surface area contributed by atoms with Crippen LogP contribution in [-0.2, 0) is 4.79 Å². The fourth-order valence-corrected chi connectivity index (χ4v) is 1.41. The average molecular weight is 250 g/mol. The topological polar surface area (TPSA) is 78.4 Å². The number of nitrogens with one attached hydrogen (secondary N) is 2. The van der Waals surface area contributed by atoms with Crippen molar-refractivity contribution in [2.45, 2.75) is 19.4 Å². The maximum atomic E-state index is 11.6. The molecule has 0 radical (unpaired) electrons. The van der Waals surface area contributed by atoms with E-state index in [4.69, 9.17) is 5.11 Å². The lowest BCUT2D eigenvalue weighted by Crippen LogP contribution is -2.43. The van der Waals surface area contributed by atoms with Gasteiger partial charge in [0, 0.05) is 5.56 Å². The fraction of sp³-hybridized carbons (Fsp3) is 0.385. The summed E-state index contributed by atoms with van der Waals surface area (Å²) in [7, 11) is 0. The minimum absolute atomic E-state index is 0.0930. The first-order chi connectivity index (χ1) is 8.67. The Labute approximate surface area is 106 Å². The molecule has 1 aromatic rings. The third kappa shape index (κ3) is 4.55. The smallest absolute Gasteiger partial charge is 0.251 e. The number of carbonyl (C=O) groups is 2. The van der Waals surface area contributed by atoms with Crippen LogP contribution in [0.5, 0.6) is 0 Å². The van der Waals surface area contributed by atoms with Gasteiger partial charge in [0.1, 0.15) is 0 Å². The number of hydrogen-bond acceptors (Lipinski definition) is 3. The first-order valence-corrected chi connectivity index (χ1v) is 5.90. The summed E-state index contributed by atoms with van der Waals surface area (Å²) in [5, 5.41) is 14.1. The van der Waals surface area contributed by atoms with Crippen LogP contribution < -0.4 is 10.6 Å². The predicted octanol–water partition coefficient (Wildman–Crippen LogP) is 0.303. The SMILES string of the molecule is CC[C@@H](CO)NC(=O)CNC(=O)c1ccccc1. The van der Waals surface area contributed by atoms with Crippen molar-refractivity contribution >= 4 is 11.8 Å². The Balaban J connectivity index is 2.37. The number of hydrogen-bond donors (Lipinski definition) is 3. The number of benzene rings is 1. The normalized spacial score (nSPS) is 11.7. The van der Waals surface area contributed by atoms with Crippen molar-refractivity contribution in [3.63, 3.8) is 0 Å². The molecule has 0 unspecified atom stereocenters. The zero-order valence-corrected chi connectivity index (χ0v) is 10.3. The van der Waals surface area contributed by atoms with Gasteiger partial charge in [-0.05, 0) is 18.6 Å². The fourth-order valence-electron chi connectivity index (χ4n) is 1.41. The standard InChI is InChI=1S/C13H18N2O3/c1-2-11(9-16)15-12(17)8-14-13(18)10-6-4-3-5-7-10/h3-7,11,16H,2,8-9H2,1H3,(H,14,18)(H,15,17)/t11-/m0/s1. The van der Waals surface area contributed by atoms with Gasteiger partial charge in [-0.2, -0.15) is 0 Å². The van der Waals surface area contributed by atoms with Crippen molar-refractivity contribution in [2.24, 2.45) is 0 Å². The number of carbonyl (C=O) groups excluding carboxylic acids is 2. The van der Waals surface area contributed by atoms with Crippen LogP contribution in [0.3, 0.4) is 0 Å². The minimum atomic E-state index is -0.305. The Morgan fingerprint density at radius 1 is 1.28 bits per heavy atom. The van der Waals surface area contributed by atoms with Crippen LogP contribution in [0.2, 0.25) is 0 Å². The van der Waals surface area contributed by atoms with E-state index in [2.05, 4.69) is 10.6 Å². The summed E-state index contributed by atoms with van der Waals surface area (Å²) in [6.45, 7) is 1.67. The van der Waals surface area contributed by atoms with Gasteiger partial charge in [0.15, 0.2) is 0 Å². The highest BCUT2D eigenvalue weighted by Gasteiger charge is 2.10. The van der Waals surface area contributed by atoms with Crippen LogP contribution in [0.4, 0.5) is 0 Å². The molecule has 1 rings (SSSR count). The van der Waals surface area contributed by atoms with E-state index in [1.807, 2.05) is 13.0 Å². The zero-order chi connectivity index (χ0) is 13.4. The van der Waals surface area contributed by atoms with E-state index in [1.54, 1.807) is 24.3 Å². The molecule has 0 spiro atoms. The van der Waals surface area contributed by atoms with Gasteiger partial charge in [0.05, 0.1) is 19.2 Å². The minimum Gasteiger partial charge on any atom is -0.394 e. The summed E-state index contributed by atoms with van der Waals surface area (Å²) in [5.41, 5.74) is 0.513. The summed E-state index contributed by atoms with van der Waals surface area (Å²) in [6, 6.07) is 8.43. The van der Waals surface area contributed by atoms with E-state index in [1.165, 1.54) is 0 Å². The Kier molecular flexibility index (Phi) is 5.87. The van der Waals surface area contributed by atoms with Crippen LogP contribution in [0.1, 0.15) is 23.7 Å². The second-order valence-electron chi connectivity index (χ2n) is 3.90. The van der Waals surface area contributed by atoms with E-state index in [0.717, 1.165) is 0 Å². The second-order valence-corrected chi connectivity index (χ2v) is 3.90. The Bertz CT molecular complexity index is 388. The zero-order valence-electron chi connectivity index (χ0n) is 10.3. The lowest BCUT2D eigenvalue weighted by Gasteiger charge is -2.14. The molecule has 98 valence electrons. The van der Waals surface area contributed by atoms with Gasteiger partial charge in [-0.25, -0.2) is 0 Å². The molecule has 0 aliphatic carbocycles. The summed E-state index contributed by atoms with van der Waals surface area (Å²) < 4.78 is 0. The van der Waals surface area contributed by atoms with Gasteiger partial charge in [-0.15, -0.1) is 0 Å². The second kappa shape index (κ2) is 7.45. The van der Waals surface area contributed by atoms with Crippen molar-refractivity contribution < 1.29 is 14.7 Å². The largest absolute Gasteiger partial charge is 0.394 e. The van der Waals surface area contributed by atoms with Crippen LogP contribution in [0, 0.1) is 0 Å². The van der Waals surface area contributed by atoms with Gasteiger partial charge < -0.3 is 15.7 Å². The Hall–Kier alpha value is -1.88. The van der Waals surface area contributed by atoms with Gasteiger partial charge in [-0.1, -0.05) is 25.1 Å². The summed E-state index contributed by atoms with van der Waals surface area (Å²) in [6.07, 6.45) is 0.648. The predicted molar refractivity (Wildman–Crippen MR) is 68.1 cm³/mol. The molecule has 0 aliphatic heterocycles. The summed E-state index contributed by atoms with van der Waals surface area (Å²) in [5.74, 6) is -0.594. The third-order valence-corrected chi connectivity index (χ3v) is 2.52. The molecule has 0 aliphatic rings. The molecule has 18 heavy (non-hydrogen) atoms. The highest BCUT2D eigenvalue weighted by Crippen LogP contribution is 1.97. The number of amides is 2. The monoisotopic (exact) mass is 250 g/mol. The van der Waals surface area contributed by atoms with E-state index < -0.39 is 0 Å². The maximum Gasteiger partial charge on any atom is 0.251 e. The molecular formula is C13H18N2O3. The molecule has 2 amide bonds. The summed E-state index contributed by atoms with van der Waals surface area (Å²) in [4.78, 5) is 23.1. The van der Waals surface area contributed by atoms with Crippen LogP contribution in [-0.4, -0.2) is 36.1 Å². The molecule has 5 nitrogen and oxygen atoms in total. The van der Waals surface area contributed by atoms with Gasteiger partial charge in [-0.3, -0.25) is 9.59 Å². The van der Waals surface area contributed by atoms with Crippen molar-refractivity contribution in [3.8, 4) is 0 Å². The summed E-state index contributed by atoms with van der Waals surface area (Å²) >= 11 is 0. The molecule has 1 aromatic carbocycles. The Morgan fingerprint density at radius 3 is 2.50 bits per heavy atom. The van der Waals surface area contributed by atoms with Crippen LogP contribution >= 0.6 is 0 Å². The van der Waals surface area contributed by atoms with Crippen LogP contribution in [0.25, 0.3) is 0 Å². The number of aliphatic hydroxyl groups is 1. The molecule has 1 atom stereocenters. The maximum absolute atomic E-state index is 11.6. The van der Waals surface area contributed by atoms with Crippen molar-refractivity contribution in [1.29, 1.82) is 0 Å². The highest BCUT2D eigenvalue weighted by atomic mass is 16.3.